The molecule has 2 N–H and O–H groups in total. The lowest BCUT2D eigenvalue weighted by atomic mass is 9.97. The summed E-state index contributed by atoms with van der Waals surface area (Å²) in [5.41, 5.74) is 0. The Morgan fingerprint density at radius 2 is 1.64 bits per heavy atom. The lowest BCUT2D eigenvalue weighted by molar-refractivity contribution is 0.415. The fraction of sp³-hybridized carbons (Fsp3) is 1.00. The van der Waals surface area contributed by atoms with Gasteiger partial charge < -0.3 is 10.6 Å². The third-order valence-corrected chi connectivity index (χ3v) is 3.26. The van der Waals surface area contributed by atoms with Gasteiger partial charge in [-0.2, -0.15) is 0 Å². The SMILES string of the molecule is CNCCNCCC1CCCCCC1. The van der Waals surface area contributed by atoms with Crippen LogP contribution in [0.4, 0.5) is 0 Å². The largest absolute Gasteiger partial charge is 0.318 e. The summed E-state index contributed by atoms with van der Waals surface area (Å²) >= 11 is 0. The Kier molecular flexibility index (Phi) is 7.06. The Bertz CT molecular complexity index is 117. The van der Waals surface area contributed by atoms with E-state index < -0.39 is 0 Å². The monoisotopic (exact) mass is 198 g/mol. The molecule has 0 bridgehead atoms. The third kappa shape index (κ3) is 5.61. The average molecular weight is 198 g/mol. The van der Waals surface area contributed by atoms with Crippen molar-refractivity contribution in [2.45, 2.75) is 44.9 Å². The first kappa shape index (κ1) is 12.0. The van der Waals surface area contributed by atoms with Crippen molar-refractivity contribution in [3.8, 4) is 0 Å². The molecule has 14 heavy (non-hydrogen) atoms. The van der Waals surface area contributed by atoms with Crippen LogP contribution >= 0.6 is 0 Å². The normalized spacial score (nSPS) is 19.5. The van der Waals surface area contributed by atoms with Gasteiger partial charge >= 0.3 is 0 Å². The van der Waals surface area contributed by atoms with Crippen molar-refractivity contribution in [2.75, 3.05) is 26.7 Å². The van der Waals surface area contributed by atoms with Crippen LogP contribution in [-0.2, 0) is 0 Å². The number of likely N-dealkylation sites (N-methyl/N-ethyl adjacent to an activating group) is 1. The van der Waals surface area contributed by atoms with Gasteiger partial charge in [0.05, 0.1) is 0 Å². The highest BCUT2D eigenvalue weighted by molar-refractivity contribution is 4.65. The molecule has 1 fully saturated rings. The Morgan fingerprint density at radius 1 is 0.929 bits per heavy atom. The number of hydrogen-bond donors (Lipinski definition) is 2. The molecule has 1 aliphatic rings. The van der Waals surface area contributed by atoms with Gasteiger partial charge in [0.25, 0.3) is 0 Å². The number of nitrogens with one attached hydrogen (secondary N) is 2. The van der Waals surface area contributed by atoms with Crippen LogP contribution in [0.3, 0.4) is 0 Å². The Labute approximate surface area is 88.8 Å². The topological polar surface area (TPSA) is 24.1 Å². The summed E-state index contributed by atoms with van der Waals surface area (Å²) in [4.78, 5) is 0. The first-order valence-electron chi connectivity index (χ1n) is 6.29. The molecule has 0 amide bonds. The van der Waals surface area contributed by atoms with Crippen molar-refractivity contribution in [3.05, 3.63) is 0 Å². The van der Waals surface area contributed by atoms with Crippen LogP contribution < -0.4 is 10.6 Å². The summed E-state index contributed by atoms with van der Waals surface area (Å²) in [7, 11) is 2.01. The molecule has 0 radical (unpaired) electrons. The van der Waals surface area contributed by atoms with Gasteiger partial charge in [-0.25, -0.2) is 0 Å². The molecule has 0 aromatic heterocycles. The van der Waals surface area contributed by atoms with E-state index in [2.05, 4.69) is 10.6 Å². The molecule has 1 rings (SSSR count). The van der Waals surface area contributed by atoms with Gasteiger partial charge in [-0.15, -0.1) is 0 Å². The van der Waals surface area contributed by atoms with E-state index in [9.17, 15) is 0 Å². The highest BCUT2D eigenvalue weighted by atomic mass is 14.9. The molecule has 2 nitrogen and oxygen atoms in total. The zero-order valence-electron chi connectivity index (χ0n) is 9.65. The summed E-state index contributed by atoms with van der Waals surface area (Å²) in [6.45, 7) is 3.42. The van der Waals surface area contributed by atoms with Crippen molar-refractivity contribution < 1.29 is 0 Å². The molecule has 0 atom stereocenters. The lowest BCUT2D eigenvalue weighted by Crippen LogP contribution is -2.26. The Balaban J connectivity index is 1.93. The van der Waals surface area contributed by atoms with Gasteiger partial charge in [-0.1, -0.05) is 38.5 Å². The number of hydrogen-bond acceptors (Lipinski definition) is 2. The van der Waals surface area contributed by atoms with E-state index >= 15 is 0 Å². The van der Waals surface area contributed by atoms with Gasteiger partial charge in [0.1, 0.15) is 0 Å². The average Bonchev–Trinajstić information content (AvgIpc) is 2.46. The fourth-order valence-corrected chi connectivity index (χ4v) is 2.30. The van der Waals surface area contributed by atoms with E-state index in [-0.39, 0.29) is 0 Å². The first-order chi connectivity index (χ1) is 6.93. The van der Waals surface area contributed by atoms with E-state index in [0.29, 0.717) is 0 Å². The van der Waals surface area contributed by atoms with E-state index in [1.54, 1.807) is 0 Å². The van der Waals surface area contributed by atoms with Gasteiger partial charge in [-0.05, 0) is 25.9 Å². The minimum Gasteiger partial charge on any atom is -0.318 e. The third-order valence-electron chi connectivity index (χ3n) is 3.26. The molecule has 0 aromatic rings. The molecular formula is C12H26N2. The minimum absolute atomic E-state index is 1.01. The van der Waals surface area contributed by atoms with Crippen LogP contribution in [0, 0.1) is 5.92 Å². The van der Waals surface area contributed by atoms with Crippen LogP contribution in [0.15, 0.2) is 0 Å². The maximum Gasteiger partial charge on any atom is 0.00766 e. The summed E-state index contributed by atoms with van der Waals surface area (Å²) in [5.74, 6) is 1.01. The molecule has 0 heterocycles. The minimum atomic E-state index is 1.01. The summed E-state index contributed by atoms with van der Waals surface area (Å²) in [5, 5.41) is 6.65. The maximum atomic E-state index is 3.49. The first-order valence-corrected chi connectivity index (χ1v) is 6.29. The second kappa shape index (κ2) is 8.25. The zero-order valence-corrected chi connectivity index (χ0v) is 9.65. The van der Waals surface area contributed by atoms with Crippen LogP contribution in [0.1, 0.15) is 44.9 Å². The Hall–Kier alpha value is -0.0800. The van der Waals surface area contributed by atoms with Gasteiger partial charge in [0, 0.05) is 13.1 Å². The number of rotatable bonds is 6. The molecule has 1 aliphatic carbocycles. The molecule has 0 saturated heterocycles. The smallest absolute Gasteiger partial charge is 0.00766 e. The molecule has 0 spiro atoms. The molecule has 2 heteroatoms. The molecule has 0 aromatic carbocycles. The molecule has 0 unspecified atom stereocenters. The summed E-state index contributed by atoms with van der Waals surface area (Å²) in [6.07, 6.45) is 10.3. The predicted molar refractivity (Wildman–Crippen MR) is 62.6 cm³/mol. The molecule has 1 saturated carbocycles. The second-order valence-electron chi connectivity index (χ2n) is 4.50. The zero-order chi connectivity index (χ0) is 10.1. The van der Waals surface area contributed by atoms with Gasteiger partial charge in [-0.3, -0.25) is 0 Å². The summed E-state index contributed by atoms with van der Waals surface area (Å²) in [6, 6.07) is 0. The van der Waals surface area contributed by atoms with E-state index in [1.807, 2.05) is 7.05 Å². The Morgan fingerprint density at radius 3 is 2.29 bits per heavy atom. The fourth-order valence-electron chi connectivity index (χ4n) is 2.30. The van der Waals surface area contributed by atoms with Crippen LogP contribution in [0.25, 0.3) is 0 Å². The molecule has 84 valence electrons. The molecular weight excluding hydrogens is 172 g/mol. The van der Waals surface area contributed by atoms with Crippen LogP contribution in [0.2, 0.25) is 0 Å². The highest BCUT2D eigenvalue weighted by Gasteiger charge is 2.10. The van der Waals surface area contributed by atoms with Crippen molar-refractivity contribution in [2.24, 2.45) is 5.92 Å². The van der Waals surface area contributed by atoms with Crippen molar-refractivity contribution >= 4 is 0 Å². The van der Waals surface area contributed by atoms with Crippen molar-refractivity contribution in [1.82, 2.24) is 10.6 Å². The summed E-state index contributed by atoms with van der Waals surface area (Å²) < 4.78 is 0. The van der Waals surface area contributed by atoms with Gasteiger partial charge in [0.2, 0.25) is 0 Å². The van der Waals surface area contributed by atoms with E-state index in [4.69, 9.17) is 0 Å². The van der Waals surface area contributed by atoms with E-state index in [0.717, 1.165) is 19.0 Å². The quantitative estimate of drug-likeness (QED) is 0.505. The standard InChI is InChI=1S/C12H26N2/c1-13-10-11-14-9-8-12-6-4-2-3-5-7-12/h12-14H,2-11H2,1H3. The van der Waals surface area contributed by atoms with Crippen molar-refractivity contribution in [3.63, 3.8) is 0 Å². The van der Waals surface area contributed by atoms with Crippen LogP contribution in [0.5, 0.6) is 0 Å². The van der Waals surface area contributed by atoms with E-state index in [1.165, 1.54) is 51.5 Å². The maximum absolute atomic E-state index is 3.49. The van der Waals surface area contributed by atoms with Crippen LogP contribution in [-0.4, -0.2) is 26.7 Å². The predicted octanol–water partition coefficient (Wildman–Crippen LogP) is 2.16. The second-order valence-corrected chi connectivity index (χ2v) is 4.50. The lowest BCUT2D eigenvalue weighted by Gasteiger charge is -2.13. The highest BCUT2D eigenvalue weighted by Crippen LogP contribution is 2.24. The van der Waals surface area contributed by atoms with Crippen molar-refractivity contribution in [1.29, 1.82) is 0 Å². The molecule has 0 aliphatic heterocycles. The van der Waals surface area contributed by atoms with Gasteiger partial charge in [0.15, 0.2) is 0 Å².